The number of furan rings is 2. The van der Waals surface area contributed by atoms with Gasteiger partial charge >= 0.3 is 0 Å². The molecule has 6 nitrogen and oxygen atoms in total. The molecule has 29 heavy (non-hydrogen) atoms. The zero-order valence-electron chi connectivity index (χ0n) is 17.2. The summed E-state index contributed by atoms with van der Waals surface area (Å²) in [5.41, 5.74) is 5.24. The highest BCUT2D eigenvalue weighted by Crippen LogP contribution is 2.30. The average Bonchev–Trinajstić information content (AvgIpc) is 3.31. The maximum absolute atomic E-state index is 13.0. The molecular weight excluding hydrogens is 368 g/mol. The predicted octanol–water partition coefficient (Wildman–Crippen LogP) is 3.87. The van der Waals surface area contributed by atoms with Gasteiger partial charge < -0.3 is 18.6 Å². The number of benzene rings is 1. The van der Waals surface area contributed by atoms with E-state index in [1.165, 1.54) is 11.8 Å². The van der Waals surface area contributed by atoms with E-state index in [1.54, 1.807) is 23.3 Å². The monoisotopic (exact) mass is 394 g/mol. The summed E-state index contributed by atoms with van der Waals surface area (Å²) in [4.78, 5) is 29.1. The summed E-state index contributed by atoms with van der Waals surface area (Å²) < 4.78 is 11.0. The van der Waals surface area contributed by atoms with Crippen LogP contribution in [-0.4, -0.2) is 47.8 Å². The van der Waals surface area contributed by atoms with E-state index in [4.69, 9.17) is 8.83 Å². The Balaban J connectivity index is 1.46. The summed E-state index contributed by atoms with van der Waals surface area (Å²) in [6, 6.07) is 5.53. The van der Waals surface area contributed by atoms with Gasteiger partial charge in [-0.15, -0.1) is 0 Å². The van der Waals surface area contributed by atoms with Crippen molar-refractivity contribution in [1.29, 1.82) is 0 Å². The number of nitrogens with zero attached hydrogens (tertiary/aromatic N) is 2. The van der Waals surface area contributed by atoms with Crippen molar-refractivity contribution in [3.05, 3.63) is 58.7 Å². The van der Waals surface area contributed by atoms with Crippen molar-refractivity contribution in [2.75, 3.05) is 26.2 Å². The molecule has 3 heterocycles. The van der Waals surface area contributed by atoms with Gasteiger partial charge in [-0.1, -0.05) is 6.07 Å². The molecule has 1 aliphatic heterocycles. The Morgan fingerprint density at radius 3 is 2.52 bits per heavy atom. The van der Waals surface area contributed by atoms with Crippen molar-refractivity contribution < 1.29 is 18.4 Å². The van der Waals surface area contributed by atoms with Crippen LogP contribution in [0.4, 0.5) is 0 Å². The molecule has 2 amide bonds. The number of aryl methyl sites for hydroxylation is 3. The number of amides is 2. The van der Waals surface area contributed by atoms with Gasteiger partial charge in [0.05, 0.1) is 18.9 Å². The molecule has 4 rings (SSSR count). The Morgan fingerprint density at radius 1 is 1.00 bits per heavy atom. The molecule has 0 bridgehead atoms. The van der Waals surface area contributed by atoms with Gasteiger partial charge in [0.1, 0.15) is 5.58 Å². The van der Waals surface area contributed by atoms with Gasteiger partial charge in [-0.05, 0) is 56.0 Å². The summed E-state index contributed by atoms with van der Waals surface area (Å²) in [6.45, 7) is 8.48. The zero-order valence-corrected chi connectivity index (χ0v) is 17.2. The van der Waals surface area contributed by atoms with E-state index >= 15 is 0 Å². The van der Waals surface area contributed by atoms with Gasteiger partial charge in [0.15, 0.2) is 5.76 Å². The molecule has 0 unspecified atom stereocenters. The Bertz CT molecular complexity index is 1050. The number of hydrogen-bond donors (Lipinski definition) is 0. The third-order valence-electron chi connectivity index (χ3n) is 5.84. The Morgan fingerprint density at radius 2 is 1.76 bits per heavy atom. The quantitative estimate of drug-likeness (QED) is 0.676. The van der Waals surface area contributed by atoms with Crippen LogP contribution >= 0.6 is 0 Å². The first-order valence-electron chi connectivity index (χ1n) is 10.0. The molecule has 0 spiro atoms. The fourth-order valence-corrected chi connectivity index (χ4v) is 4.12. The van der Waals surface area contributed by atoms with Crippen molar-refractivity contribution in [2.45, 2.75) is 33.6 Å². The minimum absolute atomic E-state index is 0.0672. The van der Waals surface area contributed by atoms with E-state index in [0.29, 0.717) is 38.4 Å². The number of carbonyl (C=O) groups is 2. The second-order valence-electron chi connectivity index (χ2n) is 7.78. The lowest BCUT2D eigenvalue weighted by Gasteiger charge is -2.21. The molecule has 0 saturated carbocycles. The van der Waals surface area contributed by atoms with Crippen molar-refractivity contribution in [2.24, 2.45) is 0 Å². The van der Waals surface area contributed by atoms with Gasteiger partial charge in [-0.25, -0.2) is 0 Å². The van der Waals surface area contributed by atoms with Crippen LogP contribution in [-0.2, 0) is 11.2 Å². The van der Waals surface area contributed by atoms with E-state index in [0.717, 1.165) is 34.1 Å². The normalized spacial score (nSPS) is 15.0. The summed E-state index contributed by atoms with van der Waals surface area (Å²) >= 11 is 0. The van der Waals surface area contributed by atoms with Crippen molar-refractivity contribution in [3.8, 4) is 0 Å². The van der Waals surface area contributed by atoms with Crippen molar-refractivity contribution >= 4 is 22.8 Å². The Labute approximate surface area is 170 Å². The fraction of sp³-hybridized carbons (Fsp3) is 0.391. The SMILES string of the molecule is Cc1cc(C)c2c(CC(=O)N3CCCN(C(=O)c4ccco4)CC3)coc2c1C. The van der Waals surface area contributed by atoms with E-state index < -0.39 is 0 Å². The second kappa shape index (κ2) is 7.78. The number of rotatable bonds is 3. The smallest absolute Gasteiger partial charge is 0.289 e. The summed E-state index contributed by atoms with van der Waals surface area (Å²) in [7, 11) is 0. The van der Waals surface area contributed by atoms with Crippen LogP contribution < -0.4 is 0 Å². The maximum Gasteiger partial charge on any atom is 0.289 e. The minimum Gasteiger partial charge on any atom is -0.464 e. The molecule has 0 N–H and O–H groups in total. The fourth-order valence-electron chi connectivity index (χ4n) is 4.12. The van der Waals surface area contributed by atoms with Gasteiger partial charge in [0, 0.05) is 37.1 Å². The van der Waals surface area contributed by atoms with Gasteiger partial charge in [0.2, 0.25) is 5.91 Å². The molecule has 6 heteroatoms. The lowest BCUT2D eigenvalue weighted by Crippen LogP contribution is -2.37. The molecule has 1 fully saturated rings. The van der Waals surface area contributed by atoms with Crippen LogP contribution in [0.3, 0.4) is 0 Å². The van der Waals surface area contributed by atoms with Gasteiger partial charge in [0.25, 0.3) is 5.91 Å². The topological polar surface area (TPSA) is 66.9 Å². The van der Waals surface area contributed by atoms with E-state index in [1.807, 2.05) is 11.8 Å². The standard InChI is InChI=1S/C23H26N2O4/c1-15-12-16(2)21-18(14-29-22(21)17(15)3)13-20(26)24-7-5-8-25(10-9-24)23(27)19-6-4-11-28-19/h4,6,11-12,14H,5,7-10,13H2,1-3H3. The lowest BCUT2D eigenvalue weighted by atomic mass is 9.99. The maximum atomic E-state index is 13.0. The van der Waals surface area contributed by atoms with E-state index in [9.17, 15) is 9.59 Å². The van der Waals surface area contributed by atoms with Crippen molar-refractivity contribution in [3.63, 3.8) is 0 Å². The molecule has 0 radical (unpaired) electrons. The number of hydrogen-bond acceptors (Lipinski definition) is 4. The summed E-state index contributed by atoms with van der Waals surface area (Å²) in [5, 5.41) is 1.05. The molecule has 1 aliphatic rings. The van der Waals surface area contributed by atoms with Gasteiger partial charge in [-0.3, -0.25) is 9.59 Å². The highest BCUT2D eigenvalue weighted by molar-refractivity contribution is 5.92. The molecule has 1 saturated heterocycles. The third kappa shape index (κ3) is 3.67. The highest BCUT2D eigenvalue weighted by Gasteiger charge is 2.25. The molecule has 0 atom stereocenters. The molecule has 0 aliphatic carbocycles. The molecule has 3 aromatic rings. The van der Waals surface area contributed by atoms with Crippen LogP contribution in [0.25, 0.3) is 11.0 Å². The zero-order chi connectivity index (χ0) is 20.5. The van der Waals surface area contributed by atoms with Crippen LogP contribution in [0, 0.1) is 20.8 Å². The molecular formula is C23H26N2O4. The molecule has 1 aromatic carbocycles. The van der Waals surface area contributed by atoms with E-state index in [-0.39, 0.29) is 11.8 Å². The summed E-state index contributed by atoms with van der Waals surface area (Å²) in [6.07, 6.45) is 4.28. The lowest BCUT2D eigenvalue weighted by molar-refractivity contribution is -0.130. The molecule has 152 valence electrons. The third-order valence-corrected chi connectivity index (χ3v) is 5.84. The summed E-state index contributed by atoms with van der Waals surface area (Å²) in [5.74, 6) is 0.292. The number of fused-ring (bicyclic) bond motifs is 1. The first-order chi connectivity index (χ1) is 14.0. The first-order valence-corrected chi connectivity index (χ1v) is 10.0. The average molecular weight is 394 g/mol. The van der Waals surface area contributed by atoms with Gasteiger partial charge in [-0.2, -0.15) is 0 Å². The van der Waals surface area contributed by atoms with Crippen LogP contribution in [0.5, 0.6) is 0 Å². The van der Waals surface area contributed by atoms with Crippen LogP contribution in [0.15, 0.2) is 39.6 Å². The first kappa shape index (κ1) is 19.3. The van der Waals surface area contributed by atoms with Crippen LogP contribution in [0.2, 0.25) is 0 Å². The largest absolute Gasteiger partial charge is 0.464 e. The minimum atomic E-state index is -0.119. The second-order valence-corrected chi connectivity index (χ2v) is 7.78. The Kier molecular flexibility index (Phi) is 5.18. The predicted molar refractivity (Wildman–Crippen MR) is 110 cm³/mol. The highest BCUT2D eigenvalue weighted by atomic mass is 16.3. The Hall–Kier alpha value is -3.02. The molecule has 2 aromatic heterocycles. The van der Waals surface area contributed by atoms with E-state index in [2.05, 4.69) is 19.9 Å². The van der Waals surface area contributed by atoms with Crippen molar-refractivity contribution in [1.82, 2.24) is 9.80 Å². The van der Waals surface area contributed by atoms with Crippen LogP contribution in [0.1, 0.15) is 39.2 Å². The number of carbonyl (C=O) groups excluding carboxylic acids is 2.